The molecule has 31 heavy (non-hydrogen) atoms. The molecule has 0 fully saturated rings. The summed E-state index contributed by atoms with van der Waals surface area (Å²) in [6, 6.07) is 17.0. The predicted octanol–water partition coefficient (Wildman–Crippen LogP) is 4.15. The van der Waals surface area contributed by atoms with Crippen LogP contribution >= 0.6 is 11.6 Å². The molecule has 0 aliphatic rings. The molecule has 0 aliphatic heterocycles. The van der Waals surface area contributed by atoms with E-state index in [2.05, 4.69) is 10.0 Å². The van der Waals surface area contributed by atoms with Crippen molar-refractivity contribution in [3.05, 3.63) is 88.7 Å². The highest BCUT2D eigenvalue weighted by Crippen LogP contribution is 2.22. The van der Waals surface area contributed by atoms with Gasteiger partial charge in [0.1, 0.15) is 16.5 Å². The third-order valence-electron chi connectivity index (χ3n) is 4.40. The highest BCUT2D eigenvalue weighted by atomic mass is 35.5. The van der Waals surface area contributed by atoms with Gasteiger partial charge in [-0.3, -0.25) is 9.52 Å². The van der Waals surface area contributed by atoms with Gasteiger partial charge in [-0.25, -0.2) is 12.8 Å². The monoisotopic (exact) mass is 462 g/mol. The van der Waals surface area contributed by atoms with E-state index in [9.17, 15) is 17.6 Å². The van der Waals surface area contributed by atoms with Gasteiger partial charge in [0, 0.05) is 17.3 Å². The van der Waals surface area contributed by atoms with Crippen molar-refractivity contribution in [3.63, 3.8) is 0 Å². The molecule has 0 aromatic heterocycles. The number of sulfonamides is 1. The largest absolute Gasteiger partial charge is 0.497 e. The van der Waals surface area contributed by atoms with Crippen molar-refractivity contribution in [2.75, 3.05) is 11.8 Å². The van der Waals surface area contributed by atoms with E-state index in [4.69, 9.17) is 16.3 Å². The van der Waals surface area contributed by atoms with Gasteiger partial charge in [0.25, 0.3) is 10.0 Å². The number of amides is 1. The molecular formula is C22H20ClFN2O4S. The van der Waals surface area contributed by atoms with E-state index in [1.54, 1.807) is 19.2 Å². The normalized spacial score (nSPS) is 11.1. The quantitative estimate of drug-likeness (QED) is 0.526. The van der Waals surface area contributed by atoms with Gasteiger partial charge < -0.3 is 10.1 Å². The first kappa shape index (κ1) is 22.6. The Labute approximate surface area is 185 Å². The predicted molar refractivity (Wildman–Crippen MR) is 117 cm³/mol. The first-order valence-corrected chi connectivity index (χ1v) is 11.1. The van der Waals surface area contributed by atoms with E-state index in [0.29, 0.717) is 12.1 Å². The molecule has 3 rings (SSSR count). The average molecular weight is 463 g/mol. The second-order valence-corrected chi connectivity index (χ2v) is 8.77. The molecule has 0 bridgehead atoms. The van der Waals surface area contributed by atoms with Gasteiger partial charge in [0.15, 0.2) is 0 Å². The molecule has 0 saturated heterocycles. The number of carbonyl (C=O) groups excluding carboxylic acids is 1. The fraction of sp³-hybridized carbons (Fsp3) is 0.136. The van der Waals surface area contributed by atoms with Crippen molar-refractivity contribution in [1.29, 1.82) is 0 Å². The number of nitrogens with one attached hydrogen (secondary N) is 2. The first-order chi connectivity index (χ1) is 14.8. The smallest absolute Gasteiger partial charge is 0.264 e. The van der Waals surface area contributed by atoms with Crippen LogP contribution in [0.4, 0.5) is 10.1 Å². The summed E-state index contributed by atoms with van der Waals surface area (Å²) < 4.78 is 46.1. The van der Waals surface area contributed by atoms with Crippen LogP contribution in [0.15, 0.2) is 71.6 Å². The summed E-state index contributed by atoms with van der Waals surface area (Å²) in [5, 5.41) is 2.93. The molecule has 6 nitrogen and oxygen atoms in total. The Morgan fingerprint density at radius 1 is 1.00 bits per heavy atom. The molecule has 0 atom stereocenters. The highest BCUT2D eigenvalue weighted by Gasteiger charge is 2.19. The Hall–Kier alpha value is -3.10. The van der Waals surface area contributed by atoms with E-state index < -0.39 is 20.7 Å². The van der Waals surface area contributed by atoms with Gasteiger partial charge in [-0.15, -0.1) is 0 Å². The van der Waals surface area contributed by atoms with Crippen LogP contribution < -0.4 is 14.8 Å². The second kappa shape index (κ2) is 9.80. The van der Waals surface area contributed by atoms with E-state index in [1.165, 1.54) is 18.2 Å². The minimum Gasteiger partial charge on any atom is -0.497 e. The van der Waals surface area contributed by atoms with Crippen LogP contribution in [-0.4, -0.2) is 21.4 Å². The Balaban J connectivity index is 1.57. The lowest BCUT2D eigenvalue weighted by atomic mass is 10.1. The topological polar surface area (TPSA) is 84.5 Å². The summed E-state index contributed by atoms with van der Waals surface area (Å²) in [4.78, 5) is 11.7. The molecule has 3 aromatic rings. The molecule has 0 aliphatic carbocycles. The maximum atomic E-state index is 13.9. The molecular weight excluding hydrogens is 443 g/mol. The second-order valence-electron chi connectivity index (χ2n) is 6.68. The van der Waals surface area contributed by atoms with Gasteiger partial charge in [-0.05, 0) is 53.6 Å². The molecule has 1 amide bonds. The molecule has 3 aromatic carbocycles. The number of benzene rings is 3. The maximum absolute atomic E-state index is 13.9. The highest BCUT2D eigenvalue weighted by molar-refractivity contribution is 7.92. The SMILES string of the molecule is COc1ccc(CNC(=O)Cc2ccc(NS(=O)(=O)c3ccc(Cl)cc3F)cc2)cc1. The van der Waals surface area contributed by atoms with E-state index in [1.807, 2.05) is 24.3 Å². The van der Waals surface area contributed by atoms with Crippen molar-refractivity contribution >= 4 is 33.2 Å². The number of carbonyl (C=O) groups is 1. The maximum Gasteiger partial charge on any atom is 0.264 e. The summed E-state index contributed by atoms with van der Waals surface area (Å²) in [6.45, 7) is 0.382. The van der Waals surface area contributed by atoms with Gasteiger partial charge in [-0.2, -0.15) is 0 Å². The molecule has 9 heteroatoms. The van der Waals surface area contributed by atoms with Gasteiger partial charge in [0.2, 0.25) is 5.91 Å². The average Bonchev–Trinajstić information content (AvgIpc) is 2.73. The van der Waals surface area contributed by atoms with Crippen LogP contribution in [0.25, 0.3) is 0 Å². The van der Waals surface area contributed by atoms with Crippen LogP contribution in [0.2, 0.25) is 5.02 Å². The molecule has 0 radical (unpaired) electrons. The summed E-state index contributed by atoms with van der Waals surface area (Å²) in [7, 11) is -2.53. The number of rotatable bonds is 8. The molecule has 0 saturated carbocycles. The summed E-state index contributed by atoms with van der Waals surface area (Å²) in [5.74, 6) is -0.373. The lowest BCUT2D eigenvalue weighted by Gasteiger charge is -2.10. The van der Waals surface area contributed by atoms with Crippen LogP contribution in [0, 0.1) is 5.82 Å². The van der Waals surface area contributed by atoms with Crippen LogP contribution in [0.5, 0.6) is 5.75 Å². The molecule has 0 spiro atoms. The van der Waals surface area contributed by atoms with E-state index >= 15 is 0 Å². The number of ether oxygens (including phenoxy) is 1. The lowest BCUT2D eigenvalue weighted by molar-refractivity contribution is -0.120. The van der Waals surface area contributed by atoms with Crippen LogP contribution in [0.3, 0.4) is 0 Å². The zero-order valence-corrected chi connectivity index (χ0v) is 18.1. The molecule has 0 heterocycles. The van der Waals surface area contributed by atoms with Crippen LogP contribution in [0.1, 0.15) is 11.1 Å². The zero-order chi connectivity index (χ0) is 22.4. The van der Waals surface area contributed by atoms with Crippen molar-refractivity contribution in [1.82, 2.24) is 5.32 Å². The lowest BCUT2D eigenvalue weighted by Crippen LogP contribution is -2.24. The van der Waals surface area contributed by atoms with E-state index in [-0.39, 0.29) is 23.0 Å². The fourth-order valence-electron chi connectivity index (χ4n) is 2.79. The Kier molecular flexibility index (Phi) is 7.14. The standard InChI is InChI=1S/C22H20ClFN2O4S/c1-30-19-9-4-16(5-10-19)14-25-22(27)12-15-2-7-18(8-3-15)26-31(28,29)21-11-6-17(23)13-20(21)24/h2-11,13,26H,12,14H2,1H3,(H,25,27). The summed E-state index contributed by atoms with van der Waals surface area (Å²) >= 11 is 5.66. The minimum atomic E-state index is -4.11. The van der Waals surface area contributed by atoms with Crippen LogP contribution in [-0.2, 0) is 27.8 Å². The third-order valence-corrected chi connectivity index (χ3v) is 6.05. The fourth-order valence-corrected chi connectivity index (χ4v) is 4.06. The van der Waals surface area contributed by atoms with Gasteiger partial charge in [0.05, 0.1) is 13.5 Å². The number of methoxy groups -OCH3 is 1. The number of hydrogen-bond acceptors (Lipinski definition) is 4. The number of hydrogen-bond donors (Lipinski definition) is 2. The van der Waals surface area contributed by atoms with Crippen molar-refractivity contribution < 1.29 is 22.3 Å². The van der Waals surface area contributed by atoms with E-state index in [0.717, 1.165) is 23.4 Å². The summed E-state index contributed by atoms with van der Waals surface area (Å²) in [6.07, 6.45) is 0.134. The first-order valence-electron chi connectivity index (χ1n) is 9.23. The minimum absolute atomic E-state index is 0.103. The Morgan fingerprint density at radius 2 is 1.65 bits per heavy atom. The van der Waals surface area contributed by atoms with Crippen molar-refractivity contribution in [3.8, 4) is 5.75 Å². The Morgan fingerprint density at radius 3 is 2.26 bits per heavy atom. The number of halogens is 2. The summed E-state index contributed by atoms with van der Waals surface area (Å²) in [5.41, 5.74) is 1.89. The molecule has 0 unspecified atom stereocenters. The molecule has 162 valence electrons. The van der Waals surface area contributed by atoms with Gasteiger partial charge >= 0.3 is 0 Å². The third kappa shape index (κ3) is 6.19. The van der Waals surface area contributed by atoms with Crippen molar-refractivity contribution in [2.24, 2.45) is 0 Å². The number of anilines is 1. The zero-order valence-electron chi connectivity index (χ0n) is 16.6. The molecule has 2 N–H and O–H groups in total. The van der Waals surface area contributed by atoms with Gasteiger partial charge in [-0.1, -0.05) is 35.9 Å². The van der Waals surface area contributed by atoms with Crippen molar-refractivity contribution in [2.45, 2.75) is 17.9 Å². The Bertz CT molecular complexity index is 1170.